The smallest absolute Gasteiger partial charge is 0.417 e. The molecule has 1 heterocycles. The van der Waals surface area contributed by atoms with Crippen LogP contribution in [-0.2, 0) is 20.5 Å². The number of hydrogen-bond acceptors (Lipinski definition) is 6. The summed E-state index contributed by atoms with van der Waals surface area (Å²) < 4.78 is 44.6. The van der Waals surface area contributed by atoms with Crippen LogP contribution in [0.4, 0.5) is 13.2 Å². The van der Waals surface area contributed by atoms with E-state index in [4.69, 9.17) is 4.74 Å². The predicted molar refractivity (Wildman–Crippen MR) is 92.0 cm³/mol. The molecule has 27 heavy (non-hydrogen) atoms. The third-order valence-electron chi connectivity index (χ3n) is 4.51. The van der Waals surface area contributed by atoms with Crippen LogP contribution >= 0.6 is 11.8 Å². The Morgan fingerprint density at radius 2 is 2.19 bits per heavy atom. The van der Waals surface area contributed by atoms with Gasteiger partial charge in [0, 0.05) is 17.9 Å². The fraction of sp³-hybridized carbons (Fsp3) is 0.556. The Balaban J connectivity index is 2.24. The number of aromatic nitrogens is 1. The van der Waals surface area contributed by atoms with Gasteiger partial charge in [-0.1, -0.05) is 0 Å². The monoisotopic (exact) mass is 400 g/mol. The maximum absolute atomic E-state index is 13.2. The van der Waals surface area contributed by atoms with Gasteiger partial charge in [-0.3, -0.25) is 9.59 Å². The lowest BCUT2D eigenvalue weighted by atomic mass is 9.82. The summed E-state index contributed by atoms with van der Waals surface area (Å²) in [5, 5.41) is 9.14. The summed E-state index contributed by atoms with van der Waals surface area (Å²) in [4.78, 5) is 28.6. The van der Waals surface area contributed by atoms with Gasteiger partial charge < -0.3 is 4.74 Å². The molecule has 0 aliphatic heterocycles. The second-order valence-electron chi connectivity index (χ2n) is 6.28. The van der Waals surface area contributed by atoms with Gasteiger partial charge in [0.05, 0.1) is 17.7 Å². The molecule has 1 saturated carbocycles. The molecule has 1 unspecified atom stereocenters. The lowest BCUT2D eigenvalue weighted by Crippen LogP contribution is -2.37. The number of carbonyl (C=O) groups excluding carboxylic acids is 2. The van der Waals surface area contributed by atoms with Crippen molar-refractivity contribution >= 4 is 23.5 Å². The zero-order valence-corrected chi connectivity index (χ0v) is 15.8. The highest BCUT2D eigenvalue weighted by atomic mass is 32.2. The number of nitriles is 1. The van der Waals surface area contributed by atoms with Crippen LogP contribution in [0.5, 0.6) is 0 Å². The molecule has 0 saturated heterocycles. The maximum atomic E-state index is 13.2. The van der Waals surface area contributed by atoms with Gasteiger partial charge in [0.2, 0.25) is 0 Å². The van der Waals surface area contributed by atoms with Crippen molar-refractivity contribution in [1.29, 1.82) is 5.26 Å². The van der Waals surface area contributed by atoms with Crippen molar-refractivity contribution in [3.63, 3.8) is 0 Å². The second kappa shape index (κ2) is 8.30. The van der Waals surface area contributed by atoms with Gasteiger partial charge >= 0.3 is 12.1 Å². The van der Waals surface area contributed by atoms with Gasteiger partial charge in [-0.2, -0.15) is 18.4 Å². The SMILES string of the molecule is CCOC(=O)C1(CCSc2nc(C)cc(C(F)(F)F)c2C#N)CCCC1=O. The van der Waals surface area contributed by atoms with E-state index in [0.717, 1.165) is 17.8 Å². The minimum absolute atomic E-state index is 0.0470. The number of halogens is 3. The molecule has 0 spiro atoms. The van der Waals surface area contributed by atoms with Crippen LogP contribution in [0.3, 0.4) is 0 Å². The van der Waals surface area contributed by atoms with Gasteiger partial charge in [0.25, 0.3) is 0 Å². The number of hydrogen-bond donors (Lipinski definition) is 0. The first kappa shape index (κ1) is 21.2. The Hall–Kier alpha value is -2.08. The van der Waals surface area contributed by atoms with E-state index in [1.54, 1.807) is 13.0 Å². The van der Waals surface area contributed by atoms with Gasteiger partial charge in [-0.15, -0.1) is 11.8 Å². The van der Waals surface area contributed by atoms with Crippen molar-refractivity contribution in [1.82, 2.24) is 4.98 Å². The summed E-state index contributed by atoms with van der Waals surface area (Å²) in [6.45, 7) is 3.21. The summed E-state index contributed by atoms with van der Waals surface area (Å²) >= 11 is 0.945. The predicted octanol–water partition coefficient (Wildman–Crippen LogP) is 4.07. The molecular weight excluding hydrogens is 381 g/mol. The highest BCUT2D eigenvalue weighted by Gasteiger charge is 2.49. The largest absolute Gasteiger partial charge is 0.465 e. The Kier molecular flexibility index (Phi) is 6.52. The van der Waals surface area contributed by atoms with E-state index in [0.29, 0.717) is 12.8 Å². The minimum atomic E-state index is -4.67. The maximum Gasteiger partial charge on any atom is 0.417 e. The molecule has 1 aromatic rings. The summed E-state index contributed by atoms with van der Waals surface area (Å²) in [5.74, 6) is -0.607. The van der Waals surface area contributed by atoms with E-state index >= 15 is 0 Å². The third kappa shape index (κ3) is 4.43. The first-order chi connectivity index (χ1) is 12.7. The van der Waals surface area contributed by atoms with E-state index < -0.39 is 28.7 Å². The molecule has 1 fully saturated rings. The number of alkyl halides is 3. The molecule has 1 aliphatic rings. The van der Waals surface area contributed by atoms with Gasteiger partial charge in [-0.25, -0.2) is 4.98 Å². The van der Waals surface area contributed by atoms with Crippen molar-refractivity contribution in [2.24, 2.45) is 5.41 Å². The van der Waals surface area contributed by atoms with Crippen molar-refractivity contribution in [2.45, 2.75) is 50.7 Å². The average Bonchev–Trinajstić information content (AvgIpc) is 2.96. The zero-order valence-electron chi connectivity index (χ0n) is 15.0. The lowest BCUT2D eigenvalue weighted by molar-refractivity contribution is -0.158. The van der Waals surface area contributed by atoms with E-state index in [1.165, 1.54) is 6.92 Å². The summed E-state index contributed by atoms with van der Waals surface area (Å²) in [5.41, 5.74) is -2.68. The molecule has 0 N–H and O–H groups in total. The molecule has 1 aliphatic carbocycles. The molecule has 1 atom stereocenters. The molecular formula is C18H19F3N2O3S. The minimum Gasteiger partial charge on any atom is -0.465 e. The second-order valence-corrected chi connectivity index (χ2v) is 7.36. The van der Waals surface area contributed by atoms with E-state index in [9.17, 15) is 28.0 Å². The molecule has 5 nitrogen and oxygen atoms in total. The molecule has 0 aromatic carbocycles. The van der Waals surface area contributed by atoms with Crippen molar-refractivity contribution < 1.29 is 27.5 Å². The van der Waals surface area contributed by atoms with Gasteiger partial charge in [0.15, 0.2) is 0 Å². The average molecular weight is 400 g/mol. The number of rotatable bonds is 6. The molecule has 0 amide bonds. The quantitative estimate of drug-likeness (QED) is 0.407. The fourth-order valence-electron chi connectivity index (χ4n) is 3.18. The molecule has 9 heteroatoms. The first-order valence-electron chi connectivity index (χ1n) is 8.48. The molecule has 1 aromatic heterocycles. The number of carbonyl (C=O) groups is 2. The first-order valence-corrected chi connectivity index (χ1v) is 9.46. The van der Waals surface area contributed by atoms with Crippen LogP contribution in [0.1, 0.15) is 49.4 Å². The van der Waals surface area contributed by atoms with Gasteiger partial charge in [0.1, 0.15) is 22.3 Å². The normalized spacial score (nSPS) is 19.8. The van der Waals surface area contributed by atoms with Crippen LogP contribution in [0.25, 0.3) is 0 Å². The molecule has 0 bridgehead atoms. The fourth-order valence-corrected chi connectivity index (χ4v) is 4.34. The standard InChI is InChI=1S/C18H19F3N2O3S/c1-3-26-16(25)17(6-4-5-14(17)24)7-8-27-15-12(10-22)13(18(19,20)21)9-11(2)23-15/h9H,3-8H2,1-2H3. The topological polar surface area (TPSA) is 80.0 Å². The van der Waals surface area contributed by atoms with Crippen LogP contribution in [-0.4, -0.2) is 29.1 Å². The third-order valence-corrected chi connectivity index (χ3v) is 5.48. The lowest BCUT2D eigenvalue weighted by Gasteiger charge is -2.24. The summed E-state index contributed by atoms with van der Waals surface area (Å²) in [6.07, 6.45) is -3.30. The highest BCUT2D eigenvalue weighted by molar-refractivity contribution is 7.99. The van der Waals surface area contributed by atoms with Crippen LogP contribution in [0.15, 0.2) is 11.1 Å². The highest BCUT2D eigenvalue weighted by Crippen LogP contribution is 2.42. The summed E-state index contributed by atoms with van der Waals surface area (Å²) in [6, 6.07) is 2.41. The number of thioether (sulfide) groups is 1. The number of ether oxygens (including phenoxy) is 1. The Morgan fingerprint density at radius 1 is 1.48 bits per heavy atom. The summed E-state index contributed by atoms with van der Waals surface area (Å²) in [7, 11) is 0. The number of ketones is 1. The van der Waals surface area contributed by atoms with E-state index in [-0.39, 0.29) is 41.7 Å². The van der Waals surface area contributed by atoms with Crippen molar-refractivity contribution in [3.05, 3.63) is 22.9 Å². The number of Topliss-reactive ketones (excluding diaryl/α,β-unsaturated/α-hetero) is 1. The molecule has 146 valence electrons. The molecule has 2 rings (SSSR count). The van der Waals surface area contributed by atoms with Crippen LogP contribution < -0.4 is 0 Å². The van der Waals surface area contributed by atoms with Crippen molar-refractivity contribution in [2.75, 3.05) is 12.4 Å². The number of aryl methyl sites for hydroxylation is 1. The van der Waals surface area contributed by atoms with Crippen LogP contribution in [0, 0.1) is 23.7 Å². The van der Waals surface area contributed by atoms with Gasteiger partial charge in [-0.05, 0) is 39.2 Å². The van der Waals surface area contributed by atoms with Crippen molar-refractivity contribution in [3.8, 4) is 6.07 Å². The zero-order chi connectivity index (χ0) is 20.2. The Morgan fingerprint density at radius 3 is 2.70 bits per heavy atom. The van der Waals surface area contributed by atoms with E-state index in [1.807, 2.05) is 0 Å². The van der Waals surface area contributed by atoms with Crippen LogP contribution in [0.2, 0.25) is 0 Å². The number of pyridine rings is 1. The van der Waals surface area contributed by atoms with E-state index in [2.05, 4.69) is 4.98 Å². The molecule has 0 radical (unpaired) electrons. The Bertz CT molecular complexity index is 789. The Labute approximate surface area is 159 Å². The number of nitrogens with zero attached hydrogens (tertiary/aromatic N) is 2. The number of esters is 1.